The van der Waals surface area contributed by atoms with Crippen molar-refractivity contribution in [2.75, 3.05) is 39.9 Å². The van der Waals surface area contributed by atoms with Gasteiger partial charge in [-0.05, 0) is 25.7 Å². The fraction of sp³-hybridized carbons (Fsp3) is 0.875. The number of carbonyl (C=O) groups is 2. The molecule has 2 heterocycles. The standard InChI is InChI=1S/C16H25FN2O3/c1-22-7-6-19-11-16(10-14(19)20)2-4-18(5-3-16)15(21)12-8-13(17)9-12/h12-13H,2-11H2,1H3. The van der Waals surface area contributed by atoms with Crippen molar-refractivity contribution in [3.63, 3.8) is 0 Å². The molecule has 5 nitrogen and oxygen atoms in total. The van der Waals surface area contributed by atoms with Gasteiger partial charge in [-0.3, -0.25) is 9.59 Å². The van der Waals surface area contributed by atoms with Crippen LogP contribution in [0, 0.1) is 11.3 Å². The Morgan fingerprint density at radius 2 is 2.05 bits per heavy atom. The van der Waals surface area contributed by atoms with Gasteiger partial charge in [-0.25, -0.2) is 4.39 Å². The van der Waals surface area contributed by atoms with Crippen LogP contribution in [0.2, 0.25) is 0 Å². The molecule has 22 heavy (non-hydrogen) atoms. The summed E-state index contributed by atoms with van der Waals surface area (Å²) in [5.74, 6) is 0.216. The average molecular weight is 312 g/mol. The Morgan fingerprint density at radius 3 is 2.64 bits per heavy atom. The highest BCUT2D eigenvalue weighted by Gasteiger charge is 2.46. The first-order valence-electron chi connectivity index (χ1n) is 8.22. The van der Waals surface area contributed by atoms with Crippen LogP contribution < -0.4 is 0 Å². The molecule has 3 fully saturated rings. The van der Waals surface area contributed by atoms with Gasteiger partial charge in [0.15, 0.2) is 0 Å². The van der Waals surface area contributed by atoms with E-state index < -0.39 is 6.17 Å². The summed E-state index contributed by atoms with van der Waals surface area (Å²) in [6, 6.07) is 0. The molecular weight excluding hydrogens is 287 g/mol. The Kier molecular flexibility index (Phi) is 4.39. The molecule has 124 valence electrons. The van der Waals surface area contributed by atoms with Gasteiger partial charge in [-0.2, -0.15) is 0 Å². The third-order valence-corrected chi connectivity index (χ3v) is 5.54. The topological polar surface area (TPSA) is 49.9 Å². The van der Waals surface area contributed by atoms with Crippen molar-refractivity contribution in [1.82, 2.24) is 9.80 Å². The maximum Gasteiger partial charge on any atom is 0.225 e. The lowest BCUT2D eigenvalue weighted by Crippen LogP contribution is -2.48. The second kappa shape index (κ2) is 6.14. The smallest absolute Gasteiger partial charge is 0.225 e. The quantitative estimate of drug-likeness (QED) is 0.784. The molecule has 3 aliphatic rings. The normalized spacial score (nSPS) is 30.7. The maximum atomic E-state index is 12.9. The summed E-state index contributed by atoms with van der Waals surface area (Å²) < 4.78 is 18.0. The monoisotopic (exact) mass is 312 g/mol. The Hall–Kier alpha value is -1.17. The second-order valence-electron chi connectivity index (χ2n) is 7.08. The zero-order chi connectivity index (χ0) is 15.7. The Labute approximate surface area is 130 Å². The molecule has 1 spiro atoms. The lowest BCUT2D eigenvalue weighted by atomic mass is 9.76. The summed E-state index contributed by atoms with van der Waals surface area (Å²) in [4.78, 5) is 28.2. The van der Waals surface area contributed by atoms with E-state index in [0.717, 1.165) is 19.4 Å². The number of rotatable bonds is 4. The molecule has 0 aromatic carbocycles. The van der Waals surface area contributed by atoms with Gasteiger partial charge in [0.25, 0.3) is 0 Å². The lowest BCUT2D eigenvalue weighted by Gasteiger charge is -2.41. The van der Waals surface area contributed by atoms with Crippen molar-refractivity contribution in [3.05, 3.63) is 0 Å². The van der Waals surface area contributed by atoms with E-state index in [1.807, 2.05) is 9.80 Å². The van der Waals surface area contributed by atoms with Gasteiger partial charge in [-0.1, -0.05) is 0 Å². The van der Waals surface area contributed by atoms with Crippen LogP contribution in [0.5, 0.6) is 0 Å². The summed E-state index contributed by atoms with van der Waals surface area (Å²) >= 11 is 0. The van der Waals surface area contributed by atoms with E-state index in [0.29, 0.717) is 45.5 Å². The SMILES string of the molecule is COCCN1CC2(CCN(C(=O)C3CC(F)C3)CC2)CC1=O. The van der Waals surface area contributed by atoms with Gasteiger partial charge in [-0.15, -0.1) is 0 Å². The fourth-order valence-corrected chi connectivity index (χ4v) is 3.93. The summed E-state index contributed by atoms with van der Waals surface area (Å²) in [5.41, 5.74) is 0.0316. The molecule has 0 atom stereocenters. The molecule has 1 saturated carbocycles. The lowest BCUT2D eigenvalue weighted by molar-refractivity contribution is -0.142. The van der Waals surface area contributed by atoms with Crippen molar-refractivity contribution in [2.45, 2.75) is 38.3 Å². The van der Waals surface area contributed by atoms with E-state index in [2.05, 4.69) is 0 Å². The van der Waals surface area contributed by atoms with Crippen molar-refractivity contribution in [1.29, 1.82) is 0 Å². The molecule has 6 heteroatoms. The van der Waals surface area contributed by atoms with Crippen molar-refractivity contribution in [3.8, 4) is 0 Å². The van der Waals surface area contributed by atoms with Crippen molar-refractivity contribution >= 4 is 11.8 Å². The van der Waals surface area contributed by atoms with Crippen LogP contribution in [0.3, 0.4) is 0 Å². The van der Waals surface area contributed by atoms with Crippen molar-refractivity contribution in [2.24, 2.45) is 11.3 Å². The van der Waals surface area contributed by atoms with Gasteiger partial charge in [0.1, 0.15) is 6.17 Å². The predicted molar refractivity (Wildman–Crippen MR) is 78.9 cm³/mol. The van der Waals surface area contributed by atoms with E-state index >= 15 is 0 Å². The third-order valence-electron chi connectivity index (χ3n) is 5.54. The molecule has 0 aromatic heterocycles. The Bertz CT molecular complexity index is 443. The zero-order valence-corrected chi connectivity index (χ0v) is 13.2. The molecule has 0 bridgehead atoms. The minimum Gasteiger partial charge on any atom is -0.383 e. The summed E-state index contributed by atoms with van der Waals surface area (Å²) in [5, 5.41) is 0. The number of halogens is 1. The number of ether oxygens (including phenoxy) is 1. The number of amides is 2. The van der Waals surface area contributed by atoms with Crippen LogP contribution >= 0.6 is 0 Å². The van der Waals surface area contributed by atoms with Gasteiger partial charge in [0.05, 0.1) is 6.61 Å². The minimum absolute atomic E-state index is 0.0316. The molecule has 0 unspecified atom stereocenters. The number of carbonyl (C=O) groups excluding carboxylic acids is 2. The highest BCUT2D eigenvalue weighted by atomic mass is 19.1. The summed E-state index contributed by atoms with van der Waals surface area (Å²) in [6.07, 6.45) is 2.34. The van der Waals surface area contributed by atoms with Gasteiger partial charge in [0, 0.05) is 51.0 Å². The highest BCUT2D eigenvalue weighted by molar-refractivity contribution is 5.81. The molecular formula is C16H25FN2O3. The number of alkyl halides is 1. The van der Waals surface area contributed by atoms with Crippen LogP contribution in [0.4, 0.5) is 4.39 Å². The number of hydrogen-bond donors (Lipinski definition) is 0. The molecule has 2 aliphatic heterocycles. The van der Waals surface area contributed by atoms with Crippen molar-refractivity contribution < 1.29 is 18.7 Å². The van der Waals surface area contributed by atoms with Gasteiger partial charge < -0.3 is 14.5 Å². The van der Waals surface area contributed by atoms with Crippen LogP contribution in [-0.4, -0.2) is 67.7 Å². The second-order valence-corrected chi connectivity index (χ2v) is 7.08. The number of methoxy groups -OCH3 is 1. The first-order chi connectivity index (χ1) is 10.5. The van der Waals surface area contributed by atoms with Crippen LogP contribution in [-0.2, 0) is 14.3 Å². The Balaban J connectivity index is 1.51. The van der Waals surface area contributed by atoms with E-state index in [4.69, 9.17) is 4.74 Å². The molecule has 0 radical (unpaired) electrons. The van der Waals surface area contributed by atoms with E-state index in [9.17, 15) is 14.0 Å². The van der Waals surface area contributed by atoms with E-state index in [1.54, 1.807) is 7.11 Å². The van der Waals surface area contributed by atoms with Crippen LogP contribution in [0.25, 0.3) is 0 Å². The van der Waals surface area contributed by atoms with E-state index in [-0.39, 0.29) is 23.1 Å². The molecule has 3 rings (SSSR count). The summed E-state index contributed by atoms with van der Waals surface area (Å²) in [7, 11) is 1.64. The maximum absolute atomic E-state index is 12.9. The molecule has 1 aliphatic carbocycles. The summed E-state index contributed by atoms with van der Waals surface area (Å²) in [6.45, 7) is 3.42. The number of piperidine rings is 1. The molecule has 2 saturated heterocycles. The Morgan fingerprint density at radius 1 is 1.36 bits per heavy atom. The molecule has 2 amide bonds. The molecule has 0 N–H and O–H groups in total. The zero-order valence-electron chi connectivity index (χ0n) is 13.2. The number of likely N-dealkylation sites (tertiary alicyclic amines) is 2. The average Bonchev–Trinajstić information content (AvgIpc) is 2.78. The largest absolute Gasteiger partial charge is 0.383 e. The first-order valence-corrected chi connectivity index (χ1v) is 8.22. The third kappa shape index (κ3) is 2.98. The van der Waals surface area contributed by atoms with Crippen LogP contribution in [0.1, 0.15) is 32.1 Å². The van der Waals surface area contributed by atoms with E-state index in [1.165, 1.54) is 0 Å². The van der Waals surface area contributed by atoms with Gasteiger partial charge in [0.2, 0.25) is 11.8 Å². The first kappa shape index (κ1) is 15.7. The highest BCUT2D eigenvalue weighted by Crippen LogP contribution is 2.42. The number of hydrogen-bond acceptors (Lipinski definition) is 3. The van der Waals surface area contributed by atoms with Crippen LogP contribution in [0.15, 0.2) is 0 Å². The molecule has 0 aromatic rings. The number of nitrogens with zero attached hydrogens (tertiary/aromatic N) is 2. The van der Waals surface area contributed by atoms with Gasteiger partial charge >= 0.3 is 0 Å². The predicted octanol–water partition coefficient (Wildman–Crippen LogP) is 1.22. The fourth-order valence-electron chi connectivity index (χ4n) is 3.93. The minimum atomic E-state index is -0.785.